The number of benzene rings is 1. The number of carbonyl (C=O) groups is 1. The maximum absolute atomic E-state index is 13.4. The molecule has 1 fully saturated rings. The van der Waals surface area contributed by atoms with Crippen molar-refractivity contribution in [1.29, 1.82) is 0 Å². The second-order valence-corrected chi connectivity index (χ2v) is 5.46. The molecule has 0 atom stereocenters. The third kappa shape index (κ3) is 3.30. The van der Waals surface area contributed by atoms with Gasteiger partial charge in [0.05, 0.1) is 11.7 Å². The second kappa shape index (κ2) is 6.31. The molecule has 1 N–H and O–H groups in total. The first-order valence-corrected chi connectivity index (χ1v) is 7.46. The molecule has 2 heterocycles. The number of nitrogens with zero attached hydrogens (tertiary/aromatic N) is 2. The molecule has 1 aromatic rings. The smallest absolute Gasteiger partial charge is 0.428 e. The van der Waals surface area contributed by atoms with E-state index >= 15 is 0 Å². The highest BCUT2D eigenvalue weighted by Gasteiger charge is 2.38. The third-order valence-electron chi connectivity index (χ3n) is 3.85. The summed E-state index contributed by atoms with van der Waals surface area (Å²) in [4.78, 5) is 12.5. The Bertz CT molecular complexity index is 670. The minimum atomic E-state index is -4.50. The molecule has 3 rings (SSSR count). The zero-order chi connectivity index (χ0) is 17.3. The van der Waals surface area contributed by atoms with Crippen molar-refractivity contribution in [3.05, 3.63) is 29.3 Å². The Balaban J connectivity index is 1.87. The van der Waals surface area contributed by atoms with Gasteiger partial charge in [-0.1, -0.05) is 6.07 Å². The number of hydrogen-bond donors (Lipinski definition) is 1. The number of carbonyl (C=O) groups excluding carboxylic acids is 1. The molecule has 130 valence electrons. The van der Waals surface area contributed by atoms with Crippen LogP contribution in [0.1, 0.15) is 18.1 Å². The van der Waals surface area contributed by atoms with Gasteiger partial charge < -0.3 is 14.4 Å². The summed E-state index contributed by atoms with van der Waals surface area (Å²) in [5.41, 5.74) is 1.96. The summed E-state index contributed by atoms with van der Waals surface area (Å²) in [6.07, 6.45) is -5.27. The summed E-state index contributed by atoms with van der Waals surface area (Å²) in [5.74, 6) is 0. The Labute approximate surface area is 136 Å². The highest BCUT2D eigenvalue weighted by molar-refractivity contribution is 6.04. The zero-order valence-electron chi connectivity index (χ0n) is 12.9. The lowest BCUT2D eigenvalue weighted by atomic mass is 10.0. The lowest BCUT2D eigenvalue weighted by molar-refractivity contribution is -0.137. The van der Waals surface area contributed by atoms with Crippen LogP contribution in [0.15, 0.2) is 23.3 Å². The molecule has 24 heavy (non-hydrogen) atoms. The number of hydrazone groups is 1. The maximum Gasteiger partial charge on any atom is 0.428 e. The molecule has 6 nitrogen and oxygen atoms in total. The fourth-order valence-corrected chi connectivity index (χ4v) is 2.65. The molecule has 1 amide bonds. The van der Waals surface area contributed by atoms with Crippen LogP contribution >= 0.6 is 0 Å². The van der Waals surface area contributed by atoms with E-state index in [0.717, 1.165) is 6.07 Å². The van der Waals surface area contributed by atoms with Crippen molar-refractivity contribution in [3.8, 4) is 0 Å². The minimum Gasteiger partial charge on any atom is -0.442 e. The number of rotatable bonds is 4. The van der Waals surface area contributed by atoms with Gasteiger partial charge >= 0.3 is 12.3 Å². The fourth-order valence-electron chi connectivity index (χ4n) is 2.65. The first kappa shape index (κ1) is 16.6. The molecular formula is C15H16F3N3O3. The molecule has 0 spiro atoms. The predicted molar refractivity (Wildman–Crippen MR) is 80.1 cm³/mol. The topological polar surface area (TPSA) is 63.2 Å². The number of ether oxygens (including phenoxy) is 2. The summed E-state index contributed by atoms with van der Waals surface area (Å²) < 4.78 is 50.4. The Morgan fingerprint density at radius 2 is 2.17 bits per heavy atom. The number of amides is 1. The lowest BCUT2D eigenvalue weighted by Crippen LogP contribution is -2.53. The Morgan fingerprint density at radius 1 is 1.42 bits per heavy atom. The monoisotopic (exact) mass is 343 g/mol. The van der Waals surface area contributed by atoms with Gasteiger partial charge in [0.25, 0.3) is 0 Å². The molecule has 0 radical (unpaired) electrons. The molecule has 9 heteroatoms. The summed E-state index contributed by atoms with van der Waals surface area (Å²) >= 11 is 0. The predicted octanol–water partition coefficient (Wildman–Crippen LogP) is 2.37. The van der Waals surface area contributed by atoms with E-state index < -0.39 is 17.8 Å². The van der Waals surface area contributed by atoms with Crippen LogP contribution < -0.4 is 10.3 Å². The van der Waals surface area contributed by atoms with Gasteiger partial charge in [0.1, 0.15) is 12.3 Å². The van der Waals surface area contributed by atoms with Gasteiger partial charge in [-0.3, -0.25) is 0 Å². The van der Waals surface area contributed by atoms with Crippen molar-refractivity contribution in [2.45, 2.75) is 19.2 Å². The second-order valence-electron chi connectivity index (χ2n) is 5.46. The average Bonchev–Trinajstić information content (AvgIpc) is 2.50. The van der Waals surface area contributed by atoms with Crippen molar-refractivity contribution in [2.75, 3.05) is 31.2 Å². The van der Waals surface area contributed by atoms with Crippen molar-refractivity contribution < 1.29 is 27.4 Å². The van der Waals surface area contributed by atoms with Crippen LogP contribution in [0.2, 0.25) is 0 Å². The fraction of sp³-hybridized carbons (Fsp3) is 0.467. The summed E-state index contributed by atoms with van der Waals surface area (Å²) in [7, 11) is 0. The van der Waals surface area contributed by atoms with E-state index in [1.165, 1.54) is 12.1 Å². The molecule has 1 saturated heterocycles. The van der Waals surface area contributed by atoms with Gasteiger partial charge in [-0.05, 0) is 19.1 Å². The number of cyclic esters (lactones) is 1. The van der Waals surface area contributed by atoms with E-state index in [9.17, 15) is 18.0 Å². The van der Waals surface area contributed by atoms with Crippen molar-refractivity contribution in [3.63, 3.8) is 0 Å². The number of alkyl halides is 3. The summed E-state index contributed by atoms with van der Waals surface area (Å²) in [6, 6.07) is 3.99. The normalized spacial score (nSPS) is 18.6. The van der Waals surface area contributed by atoms with Crippen molar-refractivity contribution in [2.24, 2.45) is 5.10 Å². The molecule has 2 aliphatic heterocycles. The van der Waals surface area contributed by atoms with Crippen LogP contribution in [-0.4, -0.2) is 44.2 Å². The van der Waals surface area contributed by atoms with Gasteiger partial charge in [-0.15, -0.1) is 0 Å². The first-order valence-electron chi connectivity index (χ1n) is 7.46. The highest BCUT2D eigenvalue weighted by atomic mass is 19.4. The summed E-state index contributed by atoms with van der Waals surface area (Å²) in [6.45, 7) is 3.07. The largest absolute Gasteiger partial charge is 0.442 e. The van der Waals surface area contributed by atoms with Crippen molar-refractivity contribution >= 4 is 17.5 Å². The zero-order valence-corrected chi connectivity index (χ0v) is 12.9. The Hall–Kier alpha value is -2.29. The SMILES string of the molecule is CCOC1CN(c2ccc(C3=NNC(=O)OC3)cc2C(F)(F)F)C1. The number of nitrogens with one attached hydrogen (secondary N) is 1. The molecule has 0 bridgehead atoms. The van der Waals surface area contributed by atoms with Crippen LogP contribution in [0.4, 0.5) is 23.7 Å². The Morgan fingerprint density at radius 3 is 2.75 bits per heavy atom. The third-order valence-corrected chi connectivity index (χ3v) is 3.85. The van der Waals surface area contributed by atoms with E-state index in [-0.39, 0.29) is 29.7 Å². The summed E-state index contributed by atoms with van der Waals surface area (Å²) in [5, 5.41) is 3.74. The molecule has 0 saturated carbocycles. The molecular weight excluding hydrogens is 327 g/mol. The molecule has 0 unspecified atom stereocenters. The van der Waals surface area contributed by atoms with E-state index in [2.05, 4.69) is 10.5 Å². The van der Waals surface area contributed by atoms with Crippen LogP contribution in [0, 0.1) is 0 Å². The number of halogens is 3. The Kier molecular flexibility index (Phi) is 4.35. The highest BCUT2D eigenvalue weighted by Crippen LogP contribution is 2.39. The van der Waals surface area contributed by atoms with Crippen LogP contribution in [0.25, 0.3) is 0 Å². The standard InChI is InChI=1S/C15H16F3N3O3/c1-2-23-10-6-21(7-10)13-4-3-9(5-11(13)15(16,17)18)12-8-24-14(22)20-19-12/h3-5,10H,2,6-8H2,1H3,(H,20,22). The molecule has 2 aliphatic rings. The van der Waals surface area contributed by atoms with E-state index in [0.29, 0.717) is 19.7 Å². The van der Waals surface area contributed by atoms with Crippen LogP contribution in [-0.2, 0) is 15.7 Å². The van der Waals surface area contributed by atoms with Crippen molar-refractivity contribution in [1.82, 2.24) is 5.43 Å². The molecule has 0 aliphatic carbocycles. The minimum absolute atomic E-state index is 0.0397. The first-order chi connectivity index (χ1) is 11.4. The average molecular weight is 343 g/mol. The van der Waals surface area contributed by atoms with E-state index in [1.807, 2.05) is 6.92 Å². The number of hydrogen-bond acceptors (Lipinski definition) is 5. The van der Waals surface area contributed by atoms with Gasteiger partial charge in [-0.2, -0.15) is 18.3 Å². The molecule has 1 aromatic carbocycles. The van der Waals surface area contributed by atoms with Gasteiger partial charge in [-0.25, -0.2) is 10.2 Å². The lowest BCUT2D eigenvalue weighted by Gasteiger charge is -2.41. The number of anilines is 1. The molecule has 0 aromatic heterocycles. The quantitative estimate of drug-likeness (QED) is 0.912. The van der Waals surface area contributed by atoms with Gasteiger partial charge in [0.15, 0.2) is 0 Å². The van der Waals surface area contributed by atoms with Crippen LogP contribution in [0.5, 0.6) is 0 Å². The maximum atomic E-state index is 13.4. The van der Waals surface area contributed by atoms with E-state index in [4.69, 9.17) is 9.47 Å². The van der Waals surface area contributed by atoms with E-state index in [1.54, 1.807) is 4.90 Å². The van der Waals surface area contributed by atoms with Gasteiger partial charge in [0.2, 0.25) is 0 Å². The van der Waals surface area contributed by atoms with Gasteiger partial charge in [0, 0.05) is 30.9 Å². The van der Waals surface area contributed by atoms with Crippen LogP contribution in [0.3, 0.4) is 0 Å².